The first-order valence-corrected chi connectivity index (χ1v) is 6.78. The van der Waals surface area contributed by atoms with Crippen LogP contribution in [0.5, 0.6) is 0 Å². The lowest BCUT2D eigenvalue weighted by atomic mass is 10.3. The number of imidazole rings is 1. The second-order valence-electron chi connectivity index (χ2n) is 4.75. The first-order valence-electron chi connectivity index (χ1n) is 6.78. The van der Waals surface area contributed by atoms with Crippen molar-refractivity contribution in [2.75, 3.05) is 38.8 Å². The Hall–Kier alpha value is -1.73. The van der Waals surface area contributed by atoms with Crippen molar-refractivity contribution in [3.8, 4) is 0 Å². The summed E-state index contributed by atoms with van der Waals surface area (Å²) in [6.45, 7) is 1.49. The standard InChI is InChI=1S/C14H20F2N4O/c1-19(10-12(15)16)14-11(9-17-6-8-21-2)20-7-4-3-5-13(20)18-14/h3-5,7,12,17H,6,8-10H2,1-2H3. The third-order valence-corrected chi connectivity index (χ3v) is 3.16. The number of fused-ring (bicyclic) bond motifs is 1. The van der Waals surface area contributed by atoms with Crippen LogP contribution in [0.3, 0.4) is 0 Å². The summed E-state index contributed by atoms with van der Waals surface area (Å²) in [4.78, 5) is 5.94. The predicted octanol–water partition coefficient (Wildman–Crippen LogP) is 1.77. The lowest BCUT2D eigenvalue weighted by molar-refractivity contribution is 0.156. The van der Waals surface area contributed by atoms with Crippen LogP contribution in [0.25, 0.3) is 5.65 Å². The highest BCUT2D eigenvalue weighted by Gasteiger charge is 2.17. The molecule has 0 saturated heterocycles. The van der Waals surface area contributed by atoms with E-state index in [1.807, 2.05) is 28.8 Å². The predicted molar refractivity (Wildman–Crippen MR) is 78.0 cm³/mol. The van der Waals surface area contributed by atoms with Gasteiger partial charge in [0.15, 0.2) is 5.82 Å². The summed E-state index contributed by atoms with van der Waals surface area (Å²) >= 11 is 0. The quantitative estimate of drug-likeness (QED) is 0.754. The normalized spacial score (nSPS) is 11.5. The molecule has 1 N–H and O–H groups in total. The molecule has 0 aliphatic rings. The van der Waals surface area contributed by atoms with Gasteiger partial charge in [0.1, 0.15) is 5.65 Å². The van der Waals surface area contributed by atoms with Crippen LogP contribution in [-0.4, -0.2) is 49.7 Å². The molecule has 0 fully saturated rings. The fraction of sp³-hybridized carbons (Fsp3) is 0.500. The topological polar surface area (TPSA) is 41.8 Å². The molecule has 116 valence electrons. The van der Waals surface area contributed by atoms with Crippen molar-refractivity contribution < 1.29 is 13.5 Å². The Balaban J connectivity index is 2.25. The van der Waals surface area contributed by atoms with Crippen LogP contribution in [0.1, 0.15) is 5.69 Å². The summed E-state index contributed by atoms with van der Waals surface area (Å²) in [5.41, 5.74) is 1.61. The molecule has 2 aromatic rings. The number of hydrogen-bond acceptors (Lipinski definition) is 4. The van der Waals surface area contributed by atoms with Crippen molar-refractivity contribution >= 4 is 11.5 Å². The number of alkyl halides is 2. The highest BCUT2D eigenvalue weighted by Crippen LogP contribution is 2.21. The molecule has 0 atom stereocenters. The molecule has 2 rings (SSSR count). The molecule has 7 heteroatoms. The van der Waals surface area contributed by atoms with E-state index in [4.69, 9.17) is 4.74 Å². The number of anilines is 1. The van der Waals surface area contributed by atoms with Gasteiger partial charge in [-0.3, -0.25) is 0 Å². The van der Waals surface area contributed by atoms with Crippen LogP contribution in [0.2, 0.25) is 0 Å². The maximum Gasteiger partial charge on any atom is 0.255 e. The summed E-state index contributed by atoms with van der Waals surface area (Å²) in [6.07, 6.45) is -0.510. The van der Waals surface area contributed by atoms with Gasteiger partial charge in [0, 0.05) is 33.4 Å². The maximum absolute atomic E-state index is 12.6. The third kappa shape index (κ3) is 3.89. The number of methoxy groups -OCH3 is 1. The largest absolute Gasteiger partial charge is 0.383 e. The molecule has 0 saturated carbocycles. The van der Waals surface area contributed by atoms with Crippen LogP contribution >= 0.6 is 0 Å². The number of hydrogen-bond donors (Lipinski definition) is 1. The second-order valence-corrected chi connectivity index (χ2v) is 4.75. The van der Waals surface area contributed by atoms with E-state index in [1.54, 1.807) is 14.2 Å². The molecular formula is C14H20F2N4O. The van der Waals surface area contributed by atoms with Crippen molar-refractivity contribution in [2.45, 2.75) is 13.0 Å². The van der Waals surface area contributed by atoms with E-state index in [-0.39, 0.29) is 6.54 Å². The molecule has 0 radical (unpaired) electrons. The molecule has 5 nitrogen and oxygen atoms in total. The average Bonchev–Trinajstić information content (AvgIpc) is 2.82. The first-order chi connectivity index (χ1) is 10.1. The fourth-order valence-corrected chi connectivity index (χ4v) is 2.18. The number of nitrogens with zero attached hydrogens (tertiary/aromatic N) is 3. The molecule has 0 amide bonds. The summed E-state index contributed by atoms with van der Waals surface area (Å²) in [5, 5.41) is 3.23. The van der Waals surface area contributed by atoms with Gasteiger partial charge in [0.25, 0.3) is 6.43 Å². The number of aromatic nitrogens is 2. The fourth-order valence-electron chi connectivity index (χ4n) is 2.18. The Kier molecular flexibility index (Phi) is 5.46. The molecule has 21 heavy (non-hydrogen) atoms. The summed E-state index contributed by atoms with van der Waals surface area (Å²) in [5.74, 6) is 0.575. The van der Waals surface area contributed by atoms with Crippen LogP contribution in [0.4, 0.5) is 14.6 Å². The maximum atomic E-state index is 12.6. The Morgan fingerprint density at radius 3 is 2.95 bits per heavy atom. The Morgan fingerprint density at radius 2 is 2.24 bits per heavy atom. The minimum absolute atomic E-state index is 0.338. The lowest BCUT2D eigenvalue weighted by Gasteiger charge is -2.18. The molecule has 2 aromatic heterocycles. The average molecular weight is 298 g/mol. The monoisotopic (exact) mass is 298 g/mol. The van der Waals surface area contributed by atoms with Crippen molar-refractivity contribution in [3.05, 3.63) is 30.1 Å². The van der Waals surface area contributed by atoms with E-state index in [2.05, 4.69) is 10.3 Å². The second kappa shape index (κ2) is 7.33. The van der Waals surface area contributed by atoms with Crippen molar-refractivity contribution in [1.82, 2.24) is 14.7 Å². The van der Waals surface area contributed by atoms with E-state index in [0.717, 1.165) is 11.3 Å². The lowest BCUT2D eigenvalue weighted by Crippen LogP contribution is -2.27. The summed E-state index contributed by atoms with van der Waals surface area (Å²) < 4.78 is 32.1. The van der Waals surface area contributed by atoms with Crippen LogP contribution in [0.15, 0.2) is 24.4 Å². The van der Waals surface area contributed by atoms with Gasteiger partial charge < -0.3 is 19.4 Å². The number of rotatable bonds is 8. The third-order valence-electron chi connectivity index (χ3n) is 3.16. The van der Waals surface area contributed by atoms with Gasteiger partial charge >= 0.3 is 0 Å². The molecule has 0 spiro atoms. The molecule has 0 aliphatic heterocycles. The van der Waals surface area contributed by atoms with Crippen LogP contribution < -0.4 is 10.2 Å². The van der Waals surface area contributed by atoms with Gasteiger partial charge in [0.2, 0.25) is 0 Å². The van der Waals surface area contributed by atoms with Crippen molar-refractivity contribution in [3.63, 3.8) is 0 Å². The van der Waals surface area contributed by atoms with Crippen molar-refractivity contribution in [1.29, 1.82) is 0 Å². The summed E-state index contributed by atoms with van der Waals surface area (Å²) in [6, 6.07) is 5.63. The molecule has 2 heterocycles. The van der Waals surface area contributed by atoms with Gasteiger partial charge in [-0.15, -0.1) is 0 Å². The van der Waals surface area contributed by atoms with Gasteiger partial charge in [-0.2, -0.15) is 0 Å². The molecule has 0 aliphatic carbocycles. The number of ether oxygens (including phenoxy) is 1. The van der Waals surface area contributed by atoms with Crippen molar-refractivity contribution in [2.24, 2.45) is 0 Å². The zero-order valence-corrected chi connectivity index (χ0v) is 12.2. The van der Waals surface area contributed by atoms with E-state index in [1.165, 1.54) is 4.90 Å². The number of nitrogens with one attached hydrogen (secondary N) is 1. The SMILES string of the molecule is COCCNCc1c(N(C)CC(F)F)nc2ccccn12. The highest BCUT2D eigenvalue weighted by molar-refractivity contribution is 5.55. The smallest absolute Gasteiger partial charge is 0.255 e. The van der Waals surface area contributed by atoms with E-state index < -0.39 is 6.43 Å². The molecule has 0 unspecified atom stereocenters. The van der Waals surface area contributed by atoms with Gasteiger partial charge in [-0.1, -0.05) is 6.07 Å². The van der Waals surface area contributed by atoms with Gasteiger partial charge in [0.05, 0.1) is 18.8 Å². The van der Waals surface area contributed by atoms with Gasteiger partial charge in [-0.05, 0) is 12.1 Å². The number of halogens is 2. The van der Waals surface area contributed by atoms with Gasteiger partial charge in [-0.25, -0.2) is 13.8 Å². The summed E-state index contributed by atoms with van der Waals surface area (Å²) in [7, 11) is 3.27. The molecular weight excluding hydrogens is 278 g/mol. The van der Waals surface area contributed by atoms with Crippen LogP contribution in [-0.2, 0) is 11.3 Å². The first kappa shape index (κ1) is 15.7. The van der Waals surface area contributed by atoms with E-state index in [9.17, 15) is 8.78 Å². The van der Waals surface area contributed by atoms with E-state index in [0.29, 0.717) is 25.5 Å². The zero-order valence-electron chi connectivity index (χ0n) is 12.2. The van der Waals surface area contributed by atoms with E-state index >= 15 is 0 Å². The Morgan fingerprint density at radius 1 is 1.43 bits per heavy atom. The zero-order chi connectivity index (χ0) is 15.2. The minimum Gasteiger partial charge on any atom is -0.383 e. The minimum atomic E-state index is -2.39. The van der Waals surface area contributed by atoms with Crippen LogP contribution in [0, 0.1) is 0 Å². The highest BCUT2D eigenvalue weighted by atomic mass is 19.3. The Bertz CT molecular complexity index is 573. The number of pyridine rings is 1. The Labute approximate surface area is 122 Å². The molecule has 0 aromatic carbocycles. The molecule has 0 bridgehead atoms.